The molecule has 0 atom stereocenters. The van der Waals surface area contributed by atoms with E-state index < -0.39 is 10.8 Å². The van der Waals surface area contributed by atoms with Crippen LogP contribution in [-0.2, 0) is 10.8 Å². The average molecular weight is 746 g/mol. The Bertz CT molecular complexity index is 3540. The van der Waals surface area contributed by atoms with E-state index in [9.17, 15) is 0 Å². The molecule has 3 aliphatic rings. The van der Waals surface area contributed by atoms with Gasteiger partial charge in [-0.15, -0.1) is 0 Å². The van der Waals surface area contributed by atoms with Gasteiger partial charge in [-0.1, -0.05) is 188 Å². The van der Waals surface area contributed by atoms with Gasteiger partial charge in [0.25, 0.3) is 0 Å². The zero-order chi connectivity index (χ0) is 38.5. The van der Waals surface area contributed by atoms with Crippen LogP contribution in [0.5, 0.6) is 0 Å². The smallest absolute Gasteiger partial charge is 0.0720 e. The number of benzene rings is 10. The fraction of sp³-hybridized carbons (Fsp3) is 0.0345. The van der Waals surface area contributed by atoms with Gasteiger partial charge in [-0.25, -0.2) is 0 Å². The number of aromatic nitrogens is 1. The lowest BCUT2D eigenvalue weighted by atomic mass is 9.52. The number of nitrogens with zero attached hydrogens (tertiary/aromatic N) is 1. The molecule has 272 valence electrons. The minimum atomic E-state index is -0.558. The average Bonchev–Trinajstić information content (AvgIpc) is 3.90. The molecule has 0 saturated heterocycles. The van der Waals surface area contributed by atoms with Crippen molar-refractivity contribution in [3.63, 3.8) is 0 Å². The molecule has 59 heavy (non-hydrogen) atoms. The molecule has 0 radical (unpaired) electrons. The molecule has 0 fully saturated rings. The third-order valence-electron chi connectivity index (χ3n) is 14.2. The van der Waals surface area contributed by atoms with Crippen LogP contribution in [0.3, 0.4) is 0 Å². The first-order valence-electron chi connectivity index (χ1n) is 20.8. The van der Waals surface area contributed by atoms with Crippen LogP contribution in [0.25, 0.3) is 71.3 Å². The Kier molecular flexibility index (Phi) is 5.96. The van der Waals surface area contributed by atoms with Gasteiger partial charge < -0.3 is 4.57 Å². The van der Waals surface area contributed by atoms with E-state index in [1.165, 1.54) is 116 Å². The second kappa shape index (κ2) is 11.1. The van der Waals surface area contributed by atoms with Gasteiger partial charge in [-0.05, 0) is 107 Å². The molecule has 1 heterocycles. The molecule has 0 bridgehead atoms. The van der Waals surface area contributed by atoms with Gasteiger partial charge in [0.1, 0.15) is 0 Å². The Balaban J connectivity index is 1.17. The van der Waals surface area contributed by atoms with Crippen molar-refractivity contribution in [2.75, 3.05) is 0 Å². The van der Waals surface area contributed by atoms with Crippen LogP contribution in [0.2, 0.25) is 0 Å². The van der Waals surface area contributed by atoms with Crippen molar-refractivity contribution in [2.24, 2.45) is 0 Å². The fourth-order valence-corrected chi connectivity index (χ4v) is 12.1. The highest BCUT2D eigenvalue weighted by Crippen LogP contribution is 2.67. The summed E-state index contributed by atoms with van der Waals surface area (Å²) in [6, 6.07) is 80.7. The molecule has 14 rings (SSSR count). The molecule has 11 aromatic rings. The zero-order valence-corrected chi connectivity index (χ0v) is 32.2. The molecule has 0 N–H and O–H groups in total. The molecule has 0 saturated carbocycles. The lowest BCUT2D eigenvalue weighted by Crippen LogP contribution is -2.43. The Morgan fingerprint density at radius 3 is 1.34 bits per heavy atom. The molecule has 0 amide bonds. The fourth-order valence-electron chi connectivity index (χ4n) is 12.1. The summed E-state index contributed by atoms with van der Waals surface area (Å²) in [6.07, 6.45) is 0. The quantitative estimate of drug-likeness (QED) is 0.158. The Morgan fingerprint density at radius 1 is 0.271 bits per heavy atom. The van der Waals surface area contributed by atoms with Crippen molar-refractivity contribution in [1.82, 2.24) is 4.57 Å². The summed E-state index contributed by atoms with van der Waals surface area (Å²) >= 11 is 0. The van der Waals surface area contributed by atoms with Crippen LogP contribution in [0.4, 0.5) is 0 Å². The monoisotopic (exact) mass is 745 g/mol. The first-order chi connectivity index (χ1) is 29.3. The van der Waals surface area contributed by atoms with E-state index in [4.69, 9.17) is 0 Å². The van der Waals surface area contributed by atoms with E-state index in [2.05, 4.69) is 217 Å². The van der Waals surface area contributed by atoms with E-state index >= 15 is 0 Å². The Morgan fingerprint density at radius 2 is 0.729 bits per heavy atom. The van der Waals surface area contributed by atoms with Gasteiger partial charge in [-0.3, -0.25) is 0 Å². The van der Waals surface area contributed by atoms with E-state index in [0.29, 0.717) is 0 Å². The topological polar surface area (TPSA) is 4.93 Å². The van der Waals surface area contributed by atoms with Gasteiger partial charge >= 0.3 is 0 Å². The van der Waals surface area contributed by atoms with Crippen LogP contribution in [0, 0.1) is 0 Å². The normalized spacial score (nSPS) is 14.7. The second-order valence-electron chi connectivity index (χ2n) is 16.7. The first kappa shape index (κ1) is 31.6. The summed E-state index contributed by atoms with van der Waals surface area (Å²) in [7, 11) is 0. The van der Waals surface area contributed by atoms with Crippen molar-refractivity contribution >= 4 is 43.4 Å². The maximum Gasteiger partial charge on any atom is 0.0720 e. The predicted molar refractivity (Wildman–Crippen MR) is 244 cm³/mol. The van der Waals surface area contributed by atoms with Crippen LogP contribution in [0.1, 0.15) is 44.5 Å². The molecule has 1 aromatic heterocycles. The highest BCUT2D eigenvalue weighted by atomic mass is 15.0. The third kappa shape index (κ3) is 3.69. The number of rotatable bonds is 1. The van der Waals surface area contributed by atoms with E-state index in [-0.39, 0.29) is 0 Å². The van der Waals surface area contributed by atoms with Crippen molar-refractivity contribution in [1.29, 1.82) is 0 Å². The lowest BCUT2D eigenvalue weighted by molar-refractivity contribution is 0.633. The number of hydrogen-bond donors (Lipinski definition) is 0. The molecule has 1 nitrogen and oxygen atoms in total. The van der Waals surface area contributed by atoms with Crippen molar-refractivity contribution in [2.45, 2.75) is 10.8 Å². The molecule has 2 spiro atoms. The summed E-state index contributed by atoms with van der Waals surface area (Å²) in [5, 5.41) is 7.54. The molecule has 0 aliphatic heterocycles. The first-order valence-corrected chi connectivity index (χ1v) is 20.8. The third-order valence-corrected chi connectivity index (χ3v) is 14.2. The van der Waals surface area contributed by atoms with Gasteiger partial charge in [0.15, 0.2) is 0 Å². The SMILES string of the molecule is c1ccc2c(c1)-c1ccccc1C21c2ccccc2C2(c3ccccc3-c3cc4c5ccc6ccccc6c5n(-c5ccc6ccccc6c5)c4cc32)c2ccccc21. The van der Waals surface area contributed by atoms with Crippen LogP contribution < -0.4 is 0 Å². The number of hydrogen-bond acceptors (Lipinski definition) is 0. The Hall–Kier alpha value is -7.48. The van der Waals surface area contributed by atoms with Gasteiger partial charge in [0, 0.05) is 21.8 Å². The van der Waals surface area contributed by atoms with E-state index in [1.54, 1.807) is 0 Å². The van der Waals surface area contributed by atoms with E-state index in [0.717, 1.165) is 0 Å². The lowest BCUT2D eigenvalue weighted by Gasteiger charge is -2.48. The minimum absolute atomic E-state index is 0.466. The van der Waals surface area contributed by atoms with Crippen LogP contribution in [0.15, 0.2) is 212 Å². The van der Waals surface area contributed by atoms with Crippen LogP contribution >= 0.6 is 0 Å². The van der Waals surface area contributed by atoms with Gasteiger partial charge in [0.2, 0.25) is 0 Å². The summed E-state index contributed by atoms with van der Waals surface area (Å²) in [5.74, 6) is 0. The molecular formula is C58H35N. The van der Waals surface area contributed by atoms with Crippen molar-refractivity contribution < 1.29 is 0 Å². The molecule has 3 aliphatic carbocycles. The van der Waals surface area contributed by atoms with Crippen molar-refractivity contribution in [3.05, 3.63) is 257 Å². The summed E-state index contributed by atoms with van der Waals surface area (Å²) < 4.78 is 2.56. The maximum absolute atomic E-state index is 2.58. The summed E-state index contributed by atoms with van der Waals surface area (Å²) in [4.78, 5) is 0. The molecule has 10 aromatic carbocycles. The highest BCUT2D eigenvalue weighted by molar-refractivity contribution is 6.20. The maximum atomic E-state index is 2.58. The molecular weight excluding hydrogens is 711 g/mol. The molecule has 1 heteroatoms. The zero-order valence-electron chi connectivity index (χ0n) is 32.2. The summed E-state index contributed by atoms with van der Waals surface area (Å²) in [5.41, 5.74) is 18.7. The summed E-state index contributed by atoms with van der Waals surface area (Å²) in [6.45, 7) is 0. The van der Waals surface area contributed by atoms with Crippen molar-refractivity contribution in [3.8, 4) is 27.9 Å². The molecule has 0 unspecified atom stereocenters. The largest absolute Gasteiger partial charge is 0.309 e. The minimum Gasteiger partial charge on any atom is -0.309 e. The van der Waals surface area contributed by atoms with Crippen LogP contribution in [-0.4, -0.2) is 4.57 Å². The van der Waals surface area contributed by atoms with Gasteiger partial charge in [-0.2, -0.15) is 0 Å². The Labute approximate surface area is 342 Å². The number of fused-ring (bicyclic) bond motifs is 22. The second-order valence-corrected chi connectivity index (χ2v) is 16.7. The highest BCUT2D eigenvalue weighted by Gasteiger charge is 2.59. The standard InChI is InChI=1S/C58H35N/c1-2-17-38-33-39(31-29-36(38)15-1)59-55-35-54-45(34-46(55)44-32-30-37-16-3-4-18-40(37)56(44)59)43-21-7-10-24-49(43)58(54)52-27-13-11-25-50(52)57(51-26-12-14-28-53(51)58)47-22-8-5-19-41(47)42-20-6-9-23-48(42)57/h1-35H. The van der Waals surface area contributed by atoms with E-state index in [1.807, 2.05) is 0 Å². The predicted octanol–water partition coefficient (Wildman–Crippen LogP) is 14.1. The van der Waals surface area contributed by atoms with Gasteiger partial charge in [0.05, 0.1) is 21.9 Å².